The summed E-state index contributed by atoms with van der Waals surface area (Å²) in [5, 5.41) is 6.66. The second-order valence-corrected chi connectivity index (χ2v) is 6.15. The number of aromatic amines is 1. The number of aromatic nitrogens is 2. The number of esters is 2. The highest BCUT2D eigenvalue weighted by Crippen LogP contribution is 2.35. The fourth-order valence-corrected chi connectivity index (χ4v) is 3.19. The number of nitrogens with zero attached hydrogens (tertiary/aromatic N) is 1. The zero-order chi connectivity index (χ0) is 19.4. The molecule has 3 rings (SSSR count). The summed E-state index contributed by atoms with van der Waals surface area (Å²) in [5.74, 6) is -1.18. The van der Waals surface area contributed by atoms with E-state index < -0.39 is 11.9 Å². The van der Waals surface area contributed by atoms with Gasteiger partial charge in [0, 0.05) is 11.5 Å². The molecule has 0 amide bonds. The Hall–Kier alpha value is -3.15. The lowest BCUT2D eigenvalue weighted by Gasteiger charge is -2.22. The highest BCUT2D eigenvalue weighted by atomic mass is 16.5. The van der Waals surface area contributed by atoms with Crippen molar-refractivity contribution >= 4 is 23.6 Å². The summed E-state index contributed by atoms with van der Waals surface area (Å²) in [6.45, 7) is 8.13. The van der Waals surface area contributed by atoms with E-state index in [4.69, 9.17) is 9.47 Å². The molecule has 6 heteroatoms. The molecule has 1 aliphatic rings. The zero-order valence-corrected chi connectivity index (χ0v) is 15.5. The molecule has 140 valence electrons. The van der Waals surface area contributed by atoms with Gasteiger partial charge in [-0.05, 0) is 37.0 Å². The van der Waals surface area contributed by atoms with Crippen LogP contribution < -0.4 is 0 Å². The summed E-state index contributed by atoms with van der Waals surface area (Å²) in [6.07, 6.45) is 4.45. The van der Waals surface area contributed by atoms with Crippen molar-refractivity contribution in [1.82, 2.24) is 10.2 Å². The molecule has 0 saturated carbocycles. The molecule has 1 unspecified atom stereocenters. The molecule has 1 aromatic heterocycles. The number of hydrogen-bond donors (Lipinski definition) is 1. The average Bonchev–Trinajstić information content (AvgIpc) is 3.08. The van der Waals surface area contributed by atoms with Crippen molar-refractivity contribution in [1.29, 1.82) is 0 Å². The van der Waals surface area contributed by atoms with E-state index in [9.17, 15) is 9.59 Å². The topological polar surface area (TPSA) is 81.3 Å². The minimum atomic E-state index is -0.565. The SMILES string of the molecule is C=C1c2ccccc2C=CC1Cc1c(C(=O)OCC)n[nH]c1C(=O)OCC. The van der Waals surface area contributed by atoms with E-state index in [1.165, 1.54) is 0 Å². The van der Waals surface area contributed by atoms with Gasteiger partial charge in [-0.25, -0.2) is 9.59 Å². The van der Waals surface area contributed by atoms with Crippen LogP contribution in [-0.4, -0.2) is 35.3 Å². The number of rotatable bonds is 6. The molecule has 1 N–H and O–H groups in total. The van der Waals surface area contributed by atoms with Crippen LogP contribution >= 0.6 is 0 Å². The largest absolute Gasteiger partial charge is 0.461 e. The molecule has 1 aliphatic carbocycles. The Kier molecular flexibility index (Phi) is 5.54. The summed E-state index contributed by atoms with van der Waals surface area (Å²) < 4.78 is 10.2. The van der Waals surface area contributed by atoms with Crippen molar-refractivity contribution < 1.29 is 19.1 Å². The van der Waals surface area contributed by atoms with Crippen molar-refractivity contribution in [2.75, 3.05) is 13.2 Å². The first kappa shape index (κ1) is 18.6. The second kappa shape index (κ2) is 8.03. The number of carbonyl (C=O) groups excluding carboxylic acids is 2. The Balaban J connectivity index is 1.95. The predicted molar refractivity (Wildman–Crippen MR) is 102 cm³/mol. The number of benzene rings is 1. The Bertz CT molecular complexity index is 875. The van der Waals surface area contributed by atoms with Crippen LogP contribution in [0.25, 0.3) is 11.6 Å². The van der Waals surface area contributed by atoms with Gasteiger partial charge in [-0.2, -0.15) is 5.10 Å². The first-order valence-corrected chi connectivity index (χ1v) is 8.94. The molecule has 0 bridgehead atoms. The van der Waals surface area contributed by atoms with Gasteiger partial charge in [0.25, 0.3) is 0 Å². The zero-order valence-electron chi connectivity index (χ0n) is 15.5. The summed E-state index contributed by atoms with van der Waals surface area (Å²) in [7, 11) is 0. The molecular formula is C21H22N2O4. The maximum absolute atomic E-state index is 12.3. The van der Waals surface area contributed by atoms with Crippen molar-refractivity contribution in [3.05, 3.63) is 65.0 Å². The fraction of sp³-hybridized carbons (Fsp3) is 0.286. The van der Waals surface area contributed by atoms with Gasteiger partial charge < -0.3 is 9.47 Å². The van der Waals surface area contributed by atoms with E-state index >= 15 is 0 Å². The molecule has 0 radical (unpaired) electrons. The van der Waals surface area contributed by atoms with Gasteiger partial charge in [0.15, 0.2) is 5.69 Å². The third-order valence-electron chi connectivity index (χ3n) is 4.50. The molecule has 0 spiro atoms. The molecule has 6 nitrogen and oxygen atoms in total. The normalized spacial score (nSPS) is 15.3. The summed E-state index contributed by atoms with van der Waals surface area (Å²) >= 11 is 0. The molecular weight excluding hydrogens is 344 g/mol. The molecule has 2 aromatic rings. The monoisotopic (exact) mass is 366 g/mol. The standard InChI is InChI=1S/C21H22N2O4/c1-4-26-20(24)18-17(19(23-22-18)21(25)27-5-2)12-15-11-10-14-8-6-7-9-16(14)13(15)3/h6-11,15H,3-5,12H2,1-2H3,(H,22,23). The van der Waals surface area contributed by atoms with Crippen LogP contribution in [0.3, 0.4) is 0 Å². The number of H-pyrrole nitrogens is 1. The van der Waals surface area contributed by atoms with Gasteiger partial charge in [-0.15, -0.1) is 0 Å². The number of carbonyl (C=O) groups is 2. The smallest absolute Gasteiger partial charge is 0.359 e. The fourth-order valence-electron chi connectivity index (χ4n) is 3.19. The lowest BCUT2D eigenvalue weighted by Crippen LogP contribution is -2.16. The third-order valence-corrected chi connectivity index (χ3v) is 4.50. The van der Waals surface area contributed by atoms with Crippen LogP contribution in [0, 0.1) is 5.92 Å². The minimum Gasteiger partial charge on any atom is -0.461 e. The molecule has 1 heterocycles. The number of fused-ring (bicyclic) bond motifs is 1. The van der Waals surface area contributed by atoms with E-state index in [2.05, 4.69) is 16.8 Å². The number of ether oxygens (including phenoxy) is 2. The van der Waals surface area contributed by atoms with Gasteiger partial charge in [0.2, 0.25) is 0 Å². The van der Waals surface area contributed by atoms with Gasteiger partial charge in [-0.1, -0.05) is 43.0 Å². The number of hydrogen-bond acceptors (Lipinski definition) is 5. The molecule has 1 atom stereocenters. The maximum Gasteiger partial charge on any atom is 0.359 e. The molecule has 0 aliphatic heterocycles. The highest BCUT2D eigenvalue weighted by molar-refractivity contribution is 5.96. The van der Waals surface area contributed by atoms with Crippen molar-refractivity contribution in [2.45, 2.75) is 20.3 Å². The van der Waals surface area contributed by atoms with E-state index in [-0.39, 0.29) is 30.5 Å². The quantitative estimate of drug-likeness (QED) is 0.789. The van der Waals surface area contributed by atoms with E-state index in [1.54, 1.807) is 13.8 Å². The van der Waals surface area contributed by atoms with E-state index in [0.717, 1.165) is 16.7 Å². The van der Waals surface area contributed by atoms with Crippen LogP contribution in [0.15, 0.2) is 36.9 Å². The first-order chi connectivity index (χ1) is 13.1. The van der Waals surface area contributed by atoms with E-state index in [1.807, 2.05) is 36.4 Å². The molecule has 1 aromatic carbocycles. The van der Waals surface area contributed by atoms with Crippen LogP contribution in [0.2, 0.25) is 0 Å². The number of allylic oxidation sites excluding steroid dienone is 2. The summed E-state index contributed by atoms with van der Waals surface area (Å²) in [5.41, 5.74) is 3.87. The lowest BCUT2D eigenvalue weighted by molar-refractivity contribution is 0.0513. The van der Waals surface area contributed by atoms with Crippen molar-refractivity contribution in [3.8, 4) is 0 Å². The van der Waals surface area contributed by atoms with Gasteiger partial charge >= 0.3 is 11.9 Å². The molecule has 0 saturated heterocycles. The average molecular weight is 366 g/mol. The highest BCUT2D eigenvalue weighted by Gasteiger charge is 2.28. The van der Waals surface area contributed by atoms with E-state index in [0.29, 0.717) is 12.0 Å². The summed E-state index contributed by atoms with van der Waals surface area (Å²) in [6, 6.07) is 7.98. The van der Waals surface area contributed by atoms with Gasteiger partial charge in [0.05, 0.1) is 13.2 Å². The second-order valence-electron chi connectivity index (χ2n) is 6.15. The minimum absolute atomic E-state index is 0.0705. The first-order valence-electron chi connectivity index (χ1n) is 8.94. The predicted octanol–water partition coefficient (Wildman–Crippen LogP) is 3.66. The Labute approximate surface area is 157 Å². The maximum atomic E-state index is 12.3. The van der Waals surface area contributed by atoms with Crippen LogP contribution in [0.5, 0.6) is 0 Å². The lowest BCUT2D eigenvalue weighted by atomic mass is 9.81. The van der Waals surface area contributed by atoms with Crippen molar-refractivity contribution in [3.63, 3.8) is 0 Å². The van der Waals surface area contributed by atoms with Crippen LogP contribution in [-0.2, 0) is 15.9 Å². The number of nitrogens with one attached hydrogen (secondary N) is 1. The van der Waals surface area contributed by atoms with Crippen LogP contribution in [0.4, 0.5) is 0 Å². The van der Waals surface area contributed by atoms with Gasteiger partial charge in [-0.3, -0.25) is 5.10 Å². The Morgan fingerprint density at radius 3 is 2.59 bits per heavy atom. The Morgan fingerprint density at radius 1 is 1.15 bits per heavy atom. The summed E-state index contributed by atoms with van der Waals surface area (Å²) in [4.78, 5) is 24.6. The third kappa shape index (κ3) is 3.69. The van der Waals surface area contributed by atoms with Crippen molar-refractivity contribution in [2.24, 2.45) is 5.92 Å². The molecule has 27 heavy (non-hydrogen) atoms. The van der Waals surface area contributed by atoms with Crippen LogP contribution in [0.1, 0.15) is 51.5 Å². The molecule has 0 fully saturated rings. The van der Waals surface area contributed by atoms with Gasteiger partial charge in [0.1, 0.15) is 5.69 Å². The Morgan fingerprint density at radius 2 is 1.85 bits per heavy atom.